The molecule has 3 aliphatic rings. The first-order chi connectivity index (χ1) is 19.5. The molecule has 40 heavy (non-hydrogen) atoms. The van der Waals surface area contributed by atoms with Gasteiger partial charge in [0.15, 0.2) is 0 Å². The van der Waals surface area contributed by atoms with Gasteiger partial charge in [0, 0.05) is 44.0 Å². The lowest BCUT2D eigenvalue weighted by molar-refractivity contribution is -0.138. The Labute approximate surface area is 237 Å². The van der Waals surface area contributed by atoms with Crippen molar-refractivity contribution in [2.75, 3.05) is 26.2 Å². The van der Waals surface area contributed by atoms with Crippen molar-refractivity contribution in [2.45, 2.75) is 69.9 Å². The summed E-state index contributed by atoms with van der Waals surface area (Å²) in [5, 5.41) is 3.19. The number of piperidine rings is 1. The second-order valence-corrected chi connectivity index (χ2v) is 11.8. The van der Waals surface area contributed by atoms with Crippen LogP contribution in [0.25, 0.3) is 0 Å². The lowest BCUT2D eigenvalue weighted by Crippen LogP contribution is -2.58. The van der Waals surface area contributed by atoms with Crippen molar-refractivity contribution in [1.29, 1.82) is 0 Å². The van der Waals surface area contributed by atoms with Crippen LogP contribution in [0.5, 0.6) is 0 Å². The van der Waals surface area contributed by atoms with Gasteiger partial charge in [0.1, 0.15) is 6.04 Å². The second kappa shape index (κ2) is 13.4. The van der Waals surface area contributed by atoms with E-state index in [0.29, 0.717) is 49.9 Å². The third kappa shape index (κ3) is 7.08. The van der Waals surface area contributed by atoms with Gasteiger partial charge in [-0.25, -0.2) is 0 Å². The van der Waals surface area contributed by atoms with Gasteiger partial charge < -0.3 is 20.9 Å². The minimum Gasteiger partial charge on any atom is -0.354 e. The highest BCUT2D eigenvalue weighted by Gasteiger charge is 2.42. The number of rotatable bonds is 10. The fraction of sp³-hybridized carbons (Fsp3) is 0.562. The van der Waals surface area contributed by atoms with Gasteiger partial charge in [0.2, 0.25) is 11.8 Å². The van der Waals surface area contributed by atoms with E-state index < -0.39 is 6.04 Å². The maximum Gasteiger partial charge on any atom is 0.256 e. The van der Waals surface area contributed by atoms with Crippen molar-refractivity contribution >= 4 is 17.7 Å². The molecule has 3 fully saturated rings. The number of carbonyl (C=O) groups is 3. The molecule has 1 saturated heterocycles. The van der Waals surface area contributed by atoms with Gasteiger partial charge in [0.25, 0.3) is 5.91 Å². The molecular formula is C32H43N5O3. The van der Waals surface area contributed by atoms with Crippen LogP contribution in [0, 0.1) is 17.8 Å². The van der Waals surface area contributed by atoms with Crippen molar-refractivity contribution in [3.63, 3.8) is 0 Å². The molecule has 1 aromatic carbocycles. The zero-order valence-corrected chi connectivity index (χ0v) is 23.4. The Balaban J connectivity index is 1.30. The van der Waals surface area contributed by atoms with Crippen molar-refractivity contribution in [3.05, 3.63) is 66.0 Å². The SMILES string of the molecule is NCC1CCC(CNC(=O)[C@H]2CC(N(CCc3ccccc3)C(=O)C3CC3)CCN2C(=O)c2cccnc2)CC1. The summed E-state index contributed by atoms with van der Waals surface area (Å²) in [7, 11) is 0. The minimum absolute atomic E-state index is 0.0782. The van der Waals surface area contributed by atoms with E-state index in [4.69, 9.17) is 5.73 Å². The molecule has 8 heteroatoms. The van der Waals surface area contributed by atoms with Gasteiger partial charge in [-0.15, -0.1) is 0 Å². The Bertz CT molecular complexity index is 1130. The van der Waals surface area contributed by atoms with E-state index in [0.717, 1.165) is 51.5 Å². The summed E-state index contributed by atoms with van der Waals surface area (Å²) in [5.41, 5.74) is 7.53. The lowest BCUT2D eigenvalue weighted by atomic mass is 9.82. The molecule has 2 saturated carbocycles. The largest absolute Gasteiger partial charge is 0.354 e. The number of nitrogens with zero attached hydrogens (tertiary/aromatic N) is 3. The molecule has 3 amide bonds. The summed E-state index contributed by atoms with van der Waals surface area (Å²) >= 11 is 0. The molecule has 0 spiro atoms. The van der Waals surface area contributed by atoms with Crippen LogP contribution in [0.3, 0.4) is 0 Å². The zero-order chi connectivity index (χ0) is 27.9. The predicted octanol–water partition coefficient (Wildman–Crippen LogP) is 3.42. The molecule has 2 heterocycles. The summed E-state index contributed by atoms with van der Waals surface area (Å²) in [6, 6.07) is 13.0. The van der Waals surface area contributed by atoms with Crippen LogP contribution in [0.15, 0.2) is 54.9 Å². The molecular weight excluding hydrogens is 502 g/mol. The number of nitrogens with one attached hydrogen (secondary N) is 1. The third-order valence-electron chi connectivity index (χ3n) is 9.05. The molecule has 1 unspecified atom stereocenters. The summed E-state index contributed by atoms with van der Waals surface area (Å²) in [5.74, 6) is 1.02. The highest BCUT2D eigenvalue weighted by atomic mass is 16.2. The van der Waals surface area contributed by atoms with E-state index in [2.05, 4.69) is 22.4 Å². The van der Waals surface area contributed by atoms with Gasteiger partial charge in [-0.05, 0) is 93.9 Å². The summed E-state index contributed by atoms with van der Waals surface area (Å²) in [4.78, 5) is 48.6. The standard InChI is InChI=1S/C32H43N5O3/c33-20-24-8-10-25(11-9-24)21-35-30(38)29-19-28(15-18-37(29)32(40)27-7-4-16-34-22-27)36(31(39)26-12-13-26)17-14-23-5-2-1-3-6-23/h1-7,16,22,24-26,28-29H,8-15,17-21,33H2,(H,35,38)/t24?,25?,28?,29-/m1/s1. The molecule has 3 N–H and O–H groups in total. The number of carbonyl (C=O) groups excluding carboxylic acids is 3. The van der Waals surface area contributed by atoms with Crippen LogP contribution in [0.1, 0.15) is 67.3 Å². The van der Waals surface area contributed by atoms with Crippen LogP contribution >= 0.6 is 0 Å². The Morgan fingerprint density at radius 1 is 0.950 bits per heavy atom. The zero-order valence-electron chi connectivity index (χ0n) is 23.4. The smallest absolute Gasteiger partial charge is 0.256 e. The Morgan fingerprint density at radius 3 is 2.38 bits per heavy atom. The van der Waals surface area contributed by atoms with E-state index in [-0.39, 0.29) is 29.7 Å². The highest BCUT2D eigenvalue weighted by Crippen LogP contribution is 2.34. The fourth-order valence-electron chi connectivity index (χ4n) is 6.34. The fourth-order valence-corrected chi connectivity index (χ4v) is 6.34. The average Bonchev–Trinajstić information content (AvgIpc) is 3.86. The van der Waals surface area contributed by atoms with Crippen molar-refractivity contribution in [1.82, 2.24) is 20.1 Å². The number of pyridine rings is 1. The number of benzene rings is 1. The van der Waals surface area contributed by atoms with Gasteiger partial charge in [0.05, 0.1) is 5.56 Å². The summed E-state index contributed by atoms with van der Waals surface area (Å²) in [6.07, 6.45) is 11.3. The number of hydrogen-bond acceptors (Lipinski definition) is 5. The maximum absolute atomic E-state index is 13.7. The quantitative estimate of drug-likeness (QED) is 0.476. The number of likely N-dealkylation sites (tertiary alicyclic amines) is 1. The molecule has 2 aliphatic carbocycles. The average molecular weight is 546 g/mol. The first-order valence-electron chi connectivity index (χ1n) is 15.1. The highest BCUT2D eigenvalue weighted by molar-refractivity contribution is 5.97. The number of nitrogens with two attached hydrogens (primary N) is 1. The first-order valence-corrected chi connectivity index (χ1v) is 15.1. The first kappa shape index (κ1) is 28.3. The predicted molar refractivity (Wildman–Crippen MR) is 154 cm³/mol. The van der Waals surface area contributed by atoms with Crippen molar-refractivity contribution in [2.24, 2.45) is 23.5 Å². The van der Waals surface area contributed by atoms with Gasteiger partial charge in [-0.1, -0.05) is 30.3 Å². The van der Waals surface area contributed by atoms with Gasteiger partial charge in [-0.2, -0.15) is 0 Å². The van der Waals surface area contributed by atoms with Crippen molar-refractivity contribution in [3.8, 4) is 0 Å². The van der Waals surface area contributed by atoms with Gasteiger partial charge >= 0.3 is 0 Å². The molecule has 0 bridgehead atoms. The van der Waals surface area contributed by atoms with E-state index in [1.54, 1.807) is 29.4 Å². The van der Waals surface area contributed by atoms with Crippen LogP contribution in [-0.2, 0) is 16.0 Å². The molecule has 2 atom stereocenters. The third-order valence-corrected chi connectivity index (χ3v) is 9.05. The number of hydrogen-bond donors (Lipinski definition) is 2. The molecule has 2 aromatic rings. The van der Waals surface area contributed by atoms with E-state index in [1.807, 2.05) is 23.1 Å². The van der Waals surface area contributed by atoms with E-state index in [9.17, 15) is 14.4 Å². The minimum atomic E-state index is -0.627. The van der Waals surface area contributed by atoms with Crippen molar-refractivity contribution < 1.29 is 14.4 Å². The van der Waals surface area contributed by atoms with Crippen LogP contribution < -0.4 is 11.1 Å². The lowest BCUT2D eigenvalue weighted by Gasteiger charge is -2.43. The second-order valence-electron chi connectivity index (χ2n) is 11.8. The summed E-state index contributed by atoms with van der Waals surface area (Å²) in [6.45, 7) is 2.40. The summed E-state index contributed by atoms with van der Waals surface area (Å²) < 4.78 is 0. The molecule has 214 valence electrons. The van der Waals surface area contributed by atoms with Crippen LogP contribution in [-0.4, -0.2) is 70.8 Å². The number of amides is 3. The molecule has 1 aliphatic heterocycles. The normalized spacial score (nSPS) is 24.8. The number of aromatic nitrogens is 1. The maximum atomic E-state index is 13.7. The molecule has 5 rings (SSSR count). The van der Waals surface area contributed by atoms with E-state index in [1.165, 1.54) is 5.56 Å². The van der Waals surface area contributed by atoms with Crippen LogP contribution in [0.2, 0.25) is 0 Å². The monoisotopic (exact) mass is 545 g/mol. The van der Waals surface area contributed by atoms with Gasteiger partial charge in [-0.3, -0.25) is 19.4 Å². The Hall–Kier alpha value is -3.26. The Kier molecular flexibility index (Phi) is 9.47. The topological polar surface area (TPSA) is 109 Å². The van der Waals surface area contributed by atoms with E-state index >= 15 is 0 Å². The molecule has 8 nitrogen and oxygen atoms in total. The Morgan fingerprint density at radius 2 is 1.70 bits per heavy atom. The molecule has 0 radical (unpaired) electrons. The van der Waals surface area contributed by atoms with Crippen LogP contribution in [0.4, 0.5) is 0 Å². The molecule has 1 aromatic heterocycles.